The standard InChI is InChI=1S/C17H23FN2O.ClH/c1-12(19)13-6-10-20(11-7-13)16(21)17(8-9-17)14-2-4-15(18)5-3-14;/h2-5,12-13H,6-11,19H2,1H3;1H. The van der Waals surface area contributed by atoms with E-state index in [1.165, 1.54) is 12.1 Å². The maximum absolute atomic E-state index is 13.1. The number of halogens is 2. The normalized spacial score (nSPS) is 21.9. The lowest BCUT2D eigenvalue weighted by Crippen LogP contribution is -2.46. The molecule has 1 unspecified atom stereocenters. The van der Waals surface area contributed by atoms with Crippen molar-refractivity contribution >= 4 is 18.3 Å². The van der Waals surface area contributed by atoms with Crippen molar-refractivity contribution in [3.05, 3.63) is 35.6 Å². The third-order valence-electron chi connectivity index (χ3n) is 5.13. The van der Waals surface area contributed by atoms with E-state index in [1.54, 1.807) is 12.1 Å². The molecular weight excluding hydrogens is 303 g/mol. The van der Waals surface area contributed by atoms with E-state index in [1.807, 2.05) is 11.8 Å². The molecule has 1 aliphatic heterocycles. The fourth-order valence-corrected chi connectivity index (χ4v) is 3.45. The maximum atomic E-state index is 13.1. The van der Waals surface area contributed by atoms with Gasteiger partial charge in [-0.3, -0.25) is 4.79 Å². The lowest BCUT2D eigenvalue weighted by molar-refractivity contribution is -0.135. The van der Waals surface area contributed by atoms with Gasteiger partial charge in [-0.2, -0.15) is 0 Å². The van der Waals surface area contributed by atoms with Crippen molar-refractivity contribution in [1.82, 2.24) is 4.90 Å². The van der Waals surface area contributed by atoms with E-state index in [0.29, 0.717) is 5.92 Å². The molecule has 1 heterocycles. The number of nitrogens with zero attached hydrogens (tertiary/aromatic N) is 1. The van der Waals surface area contributed by atoms with Crippen LogP contribution in [0.5, 0.6) is 0 Å². The Kier molecular flexibility index (Phi) is 5.13. The lowest BCUT2D eigenvalue weighted by atomic mass is 9.88. The summed E-state index contributed by atoms with van der Waals surface area (Å²) in [7, 11) is 0. The fraction of sp³-hybridized carbons (Fsp3) is 0.588. The summed E-state index contributed by atoms with van der Waals surface area (Å²) < 4.78 is 13.1. The Morgan fingerprint density at radius 1 is 1.27 bits per heavy atom. The molecule has 0 bridgehead atoms. The number of amides is 1. The van der Waals surface area contributed by atoms with Crippen LogP contribution >= 0.6 is 12.4 Å². The third-order valence-corrected chi connectivity index (χ3v) is 5.13. The van der Waals surface area contributed by atoms with E-state index in [0.717, 1.165) is 44.3 Å². The van der Waals surface area contributed by atoms with Crippen molar-refractivity contribution in [3.63, 3.8) is 0 Å². The van der Waals surface area contributed by atoms with Crippen LogP contribution in [-0.4, -0.2) is 29.9 Å². The quantitative estimate of drug-likeness (QED) is 0.928. The number of carbonyl (C=O) groups is 1. The first-order chi connectivity index (χ1) is 10.0. The Bertz CT molecular complexity index is 520. The third kappa shape index (κ3) is 3.13. The van der Waals surface area contributed by atoms with Gasteiger partial charge in [0.05, 0.1) is 5.41 Å². The average Bonchev–Trinajstić information content (AvgIpc) is 3.29. The average molecular weight is 327 g/mol. The van der Waals surface area contributed by atoms with Gasteiger partial charge in [-0.25, -0.2) is 4.39 Å². The highest BCUT2D eigenvalue weighted by atomic mass is 35.5. The number of hydrogen-bond donors (Lipinski definition) is 1. The van der Waals surface area contributed by atoms with Gasteiger partial charge in [0.1, 0.15) is 5.82 Å². The van der Waals surface area contributed by atoms with Crippen molar-refractivity contribution < 1.29 is 9.18 Å². The minimum Gasteiger partial charge on any atom is -0.342 e. The minimum absolute atomic E-state index is 0. The van der Waals surface area contributed by atoms with Crippen LogP contribution in [0, 0.1) is 11.7 Å². The van der Waals surface area contributed by atoms with Crippen molar-refractivity contribution in [2.24, 2.45) is 11.7 Å². The van der Waals surface area contributed by atoms with Crippen LogP contribution < -0.4 is 5.73 Å². The Morgan fingerprint density at radius 2 is 1.82 bits per heavy atom. The van der Waals surface area contributed by atoms with Crippen molar-refractivity contribution in [1.29, 1.82) is 0 Å². The molecule has 0 radical (unpaired) electrons. The van der Waals surface area contributed by atoms with Crippen LogP contribution in [-0.2, 0) is 10.2 Å². The van der Waals surface area contributed by atoms with E-state index in [9.17, 15) is 9.18 Å². The Balaban J connectivity index is 0.00000176. The van der Waals surface area contributed by atoms with Crippen LogP contribution in [0.1, 0.15) is 38.2 Å². The van der Waals surface area contributed by atoms with Crippen molar-refractivity contribution in [2.45, 2.75) is 44.1 Å². The second-order valence-electron chi connectivity index (χ2n) is 6.58. The Hall–Kier alpha value is -1.13. The summed E-state index contributed by atoms with van der Waals surface area (Å²) in [6.45, 7) is 3.64. The first-order valence-electron chi connectivity index (χ1n) is 7.84. The number of carbonyl (C=O) groups excluding carboxylic acids is 1. The molecule has 1 saturated carbocycles. The van der Waals surface area contributed by atoms with Gasteiger partial charge in [0, 0.05) is 19.1 Å². The Morgan fingerprint density at radius 3 is 2.27 bits per heavy atom. The summed E-state index contributed by atoms with van der Waals surface area (Å²) in [5, 5.41) is 0. The Labute approximate surface area is 137 Å². The van der Waals surface area contributed by atoms with Gasteiger partial charge < -0.3 is 10.6 Å². The zero-order valence-electron chi connectivity index (χ0n) is 12.9. The van der Waals surface area contributed by atoms with Crippen LogP contribution in [0.4, 0.5) is 4.39 Å². The fourth-order valence-electron chi connectivity index (χ4n) is 3.45. The first kappa shape index (κ1) is 17.2. The summed E-state index contributed by atoms with van der Waals surface area (Å²) in [6.07, 6.45) is 3.74. The molecule has 5 heteroatoms. The van der Waals surface area contributed by atoms with E-state index < -0.39 is 0 Å². The van der Waals surface area contributed by atoms with E-state index >= 15 is 0 Å². The molecule has 1 aromatic rings. The van der Waals surface area contributed by atoms with Crippen molar-refractivity contribution in [2.75, 3.05) is 13.1 Å². The van der Waals surface area contributed by atoms with Crippen molar-refractivity contribution in [3.8, 4) is 0 Å². The SMILES string of the molecule is CC(N)C1CCN(C(=O)C2(c3ccc(F)cc3)CC2)CC1.Cl. The molecule has 2 fully saturated rings. The van der Waals surface area contributed by atoms with Crippen LogP contribution in [0.2, 0.25) is 0 Å². The molecule has 2 aliphatic rings. The van der Waals surface area contributed by atoms with Gasteiger partial charge >= 0.3 is 0 Å². The highest BCUT2D eigenvalue weighted by molar-refractivity contribution is 5.91. The van der Waals surface area contributed by atoms with Gasteiger partial charge in [0.25, 0.3) is 0 Å². The van der Waals surface area contributed by atoms with E-state index in [2.05, 4.69) is 0 Å². The summed E-state index contributed by atoms with van der Waals surface area (Å²) >= 11 is 0. The predicted octanol–water partition coefficient (Wildman–Crippen LogP) is 2.86. The summed E-state index contributed by atoms with van der Waals surface area (Å²) in [6, 6.07) is 6.62. The molecule has 0 aromatic heterocycles. The topological polar surface area (TPSA) is 46.3 Å². The number of nitrogens with two attached hydrogens (primary N) is 1. The summed E-state index contributed by atoms with van der Waals surface area (Å²) in [5.41, 5.74) is 6.53. The molecule has 1 atom stereocenters. The molecule has 2 N–H and O–H groups in total. The molecule has 22 heavy (non-hydrogen) atoms. The second kappa shape index (κ2) is 6.55. The second-order valence-corrected chi connectivity index (χ2v) is 6.58. The molecule has 3 rings (SSSR count). The van der Waals surface area contributed by atoms with Gasteiger partial charge in [-0.15, -0.1) is 12.4 Å². The van der Waals surface area contributed by atoms with Crippen LogP contribution in [0.3, 0.4) is 0 Å². The lowest BCUT2D eigenvalue weighted by Gasteiger charge is -2.36. The van der Waals surface area contributed by atoms with Crippen LogP contribution in [0.15, 0.2) is 24.3 Å². The molecule has 122 valence electrons. The molecular formula is C17H24ClFN2O. The maximum Gasteiger partial charge on any atom is 0.233 e. The number of piperidine rings is 1. The molecule has 0 spiro atoms. The molecule has 1 aliphatic carbocycles. The smallest absolute Gasteiger partial charge is 0.233 e. The van der Waals surface area contributed by atoms with Crippen LogP contribution in [0.25, 0.3) is 0 Å². The number of likely N-dealkylation sites (tertiary alicyclic amines) is 1. The number of hydrogen-bond acceptors (Lipinski definition) is 2. The summed E-state index contributed by atoms with van der Waals surface area (Å²) in [5.74, 6) is 0.493. The highest BCUT2D eigenvalue weighted by Gasteiger charge is 2.53. The monoisotopic (exact) mass is 326 g/mol. The number of benzene rings is 1. The van der Waals surface area contributed by atoms with E-state index in [-0.39, 0.29) is 35.6 Å². The molecule has 1 amide bonds. The summed E-state index contributed by atoms with van der Waals surface area (Å²) in [4.78, 5) is 14.8. The van der Waals surface area contributed by atoms with Gasteiger partial charge in [0.2, 0.25) is 5.91 Å². The highest BCUT2D eigenvalue weighted by Crippen LogP contribution is 2.50. The zero-order valence-corrected chi connectivity index (χ0v) is 13.7. The number of rotatable bonds is 3. The first-order valence-corrected chi connectivity index (χ1v) is 7.84. The van der Waals surface area contributed by atoms with Gasteiger partial charge in [-0.05, 0) is 56.2 Å². The van der Waals surface area contributed by atoms with E-state index in [4.69, 9.17) is 5.73 Å². The molecule has 1 saturated heterocycles. The zero-order chi connectivity index (χ0) is 15.0. The predicted molar refractivity (Wildman–Crippen MR) is 87.5 cm³/mol. The molecule has 3 nitrogen and oxygen atoms in total. The minimum atomic E-state index is -0.380. The van der Waals surface area contributed by atoms with Gasteiger partial charge in [0.15, 0.2) is 0 Å². The van der Waals surface area contributed by atoms with Gasteiger partial charge in [-0.1, -0.05) is 12.1 Å². The molecule has 1 aromatic carbocycles. The largest absolute Gasteiger partial charge is 0.342 e.